The molecule has 0 unspecified atom stereocenters. The molecule has 1 aromatic carbocycles. The molecular weight excluding hydrogens is 334 g/mol. The number of fused-ring (bicyclic) bond motifs is 1. The van der Waals surface area contributed by atoms with Gasteiger partial charge in [-0.05, 0) is 62.3 Å². The van der Waals surface area contributed by atoms with E-state index in [0.717, 1.165) is 57.7 Å². The highest BCUT2D eigenvalue weighted by Crippen LogP contribution is 2.22. The molecule has 0 aromatic heterocycles. The summed E-state index contributed by atoms with van der Waals surface area (Å²) in [6.45, 7) is 10.6. The van der Waals surface area contributed by atoms with Crippen molar-refractivity contribution in [1.82, 2.24) is 9.80 Å². The maximum atomic E-state index is 11.5. The van der Waals surface area contributed by atoms with Crippen molar-refractivity contribution in [2.45, 2.75) is 38.1 Å². The van der Waals surface area contributed by atoms with Crippen molar-refractivity contribution in [2.24, 2.45) is 5.14 Å². The van der Waals surface area contributed by atoms with Crippen LogP contribution in [0.4, 0.5) is 0 Å². The lowest BCUT2D eigenvalue weighted by Crippen LogP contribution is -2.34. The standard InChI is InChI=1S/C16H27N3O2S.ClH/c1-3-18(4-2)9-5-10-19-11-8-14-6-7-16(22(17,20)21)12-15(14)13-19;/h6-7,12H,3-5,8-11,13H2,1-2H3,(H2,17,20,21);1H. The molecule has 1 aliphatic heterocycles. The molecule has 0 fully saturated rings. The van der Waals surface area contributed by atoms with Crippen molar-refractivity contribution < 1.29 is 8.42 Å². The molecule has 0 atom stereocenters. The van der Waals surface area contributed by atoms with Gasteiger partial charge in [0.1, 0.15) is 0 Å². The SMILES string of the molecule is CCN(CC)CCCN1CCc2ccc(S(N)(=O)=O)cc2C1.Cl. The Balaban J connectivity index is 0.00000264. The third-order valence-corrected chi connectivity index (χ3v) is 5.35. The number of nitrogens with zero attached hydrogens (tertiary/aromatic N) is 2. The van der Waals surface area contributed by atoms with Crippen LogP contribution >= 0.6 is 12.4 Å². The highest BCUT2D eigenvalue weighted by Gasteiger charge is 2.18. The number of rotatable bonds is 7. The van der Waals surface area contributed by atoms with Crippen molar-refractivity contribution in [1.29, 1.82) is 0 Å². The van der Waals surface area contributed by atoms with Crippen LogP contribution in [0.3, 0.4) is 0 Å². The minimum atomic E-state index is -3.61. The third kappa shape index (κ3) is 5.72. The van der Waals surface area contributed by atoms with Crippen molar-refractivity contribution in [3.63, 3.8) is 0 Å². The van der Waals surface area contributed by atoms with E-state index in [0.29, 0.717) is 0 Å². The number of hydrogen-bond acceptors (Lipinski definition) is 4. The van der Waals surface area contributed by atoms with Gasteiger partial charge in [-0.15, -0.1) is 12.4 Å². The largest absolute Gasteiger partial charge is 0.304 e. The molecule has 7 heteroatoms. The average Bonchev–Trinajstić information content (AvgIpc) is 2.50. The molecule has 0 bridgehead atoms. The maximum absolute atomic E-state index is 11.5. The fourth-order valence-corrected chi connectivity index (χ4v) is 3.58. The van der Waals surface area contributed by atoms with Gasteiger partial charge in [0, 0.05) is 13.1 Å². The maximum Gasteiger partial charge on any atom is 0.238 e. The number of nitrogens with two attached hydrogens (primary N) is 1. The number of sulfonamides is 1. The van der Waals surface area contributed by atoms with Crippen LogP contribution in [0.2, 0.25) is 0 Å². The summed E-state index contributed by atoms with van der Waals surface area (Å²) in [7, 11) is -3.61. The smallest absolute Gasteiger partial charge is 0.238 e. The molecule has 0 radical (unpaired) electrons. The lowest BCUT2D eigenvalue weighted by atomic mass is 10.00. The summed E-state index contributed by atoms with van der Waals surface area (Å²) < 4.78 is 22.9. The summed E-state index contributed by atoms with van der Waals surface area (Å²) in [6, 6.07) is 5.26. The molecular formula is C16H28ClN3O2S. The Kier molecular flexibility index (Phi) is 7.97. The Hall–Kier alpha value is -0.660. The zero-order valence-electron chi connectivity index (χ0n) is 14.0. The molecule has 0 saturated heterocycles. The Labute approximate surface area is 146 Å². The summed E-state index contributed by atoms with van der Waals surface area (Å²) >= 11 is 0. The molecule has 132 valence electrons. The molecule has 23 heavy (non-hydrogen) atoms. The van der Waals surface area contributed by atoms with E-state index in [-0.39, 0.29) is 17.3 Å². The van der Waals surface area contributed by atoms with Gasteiger partial charge in [-0.25, -0.2) is 13.6 Å². The first kappa shape index (κ1) is 20.4. The van der Waals surface area contributed by atoms with E-state index in [2.05, 4.69) is 23.6 Å². The van der Waals surface area contributed by atoms with Crippen molar-refractivity contribution in [2.75, 3.05) is 32.7 Å². The zero-order valence-corrected chi connectivity index (χ0v) is 15.6. The molecule has 0 amide bonds. The quantitative estimate of drug-likeness (QED) is 0.804. The fourth-order valence-electron chi connectivity index (χ4n) is 3.02. The first-order valence-corrected chi connectivity index (χ1v) is 9.58. The van der Waals surface area contributed by atoms with E-state index in [1.807, 2.05) is 6.07 Å². The zero-order chi connectivity index (χ0) is 16.2. The van der Waals surface area contributed by atoms with Gasteiger partial charge in [-0.1, -0.05) is 19.9 Å². The van der Waals surface area contributed by atoms with E-state index in [1.54, 1.807) is 12.1 Å². The van der Waals surface area contributed by atoms with Crippen LogP contribution in [-0.2, 0) is 23.0 Å². The number of halogens is 1. The van der Waals surface area contributed by atoms with Crippen molar-refractivity contribution in [3.8, 4) is 0 Å². The summed E-state index contributed by atoms with van der Waals surface area (Å²) in [5.74, 6) is 0. The van der Waals surface area contributed by atoms with Crippen LogP contribution in [0, 0.1) is 0 Å². The summed E-state index contributed by atoms with van der Waals surface area (Å²) in [5, 5.41) is 5.22. The van der Waals surface area contributed by atoms with Gasteiger partial charge in [0.15, 0.2) is 0 Å². The molecule has 1 aromatic rings. The Bertz CT molecular complexity index is 603. The summed E-state index contributed by atoms with van der Waals surface area (Å²) in [4.78, 5) is 5.05. The molecule has 1 aliphatic rings. The second kappa shape index (κ2) is 8.99. The lowest BCUT2D eigenvalue weighted by Gasteiger charge is -2.29. The second-order valence-electron chi connectivity index (χ2n) is 5.88. The van der Waals surface area contributed by atoms with Crippen LogP contribution in [0.15, 0.2) is 23.1 Å². The highest BCUT2D eigenvalue weighted by molar-refractivity contribution is 7.89. The third-order valence-electron chi connectivity index (χ3n) is 4.44. The van der Waals surface area contributed by atoms with Crippen LogP contribution in [0.5, 0.6) is 0 Å². The molecule has 1 heterocycles. The lowest BCUT2D eigenvalue weighted by molar-refractivity contribution is 0.223. The highest BCUT2D eigenvalue weighted by atomic mass is 35.5. The van der Waals surface area contributed by atoms with Gasteiger partial charge < -0.3 is 4.90 Å². The van der Waals surface area contributed by atoms with E-state index in [1.165, 1.54) is 5.56 Å². The molecule has 2 rings (SSSR count). The minimum Gasteiger partial charge on any atom is -0.304 e. The normalized spacial score (nSPS) is 15.3. The Morgan fingerprint density at radius 3 is 2.52 bits per heavy atom. The first-order chi connectivity index (χ1) is 10.4. The summed E-state index contributed by atoms with van der Waals surface area (Å²) in [5.41, 5.74) is 2.34. The number of benzene rings is 1. The number of hydrogen-bond donors (Lipinski definition) is 1. The van der Waals surface area contributed by atoms with Crippen molar-refractivity contribution >= 4 is 22.4 Å². The second-order valence-corrected chi connectivity index (χ2v) is 7.44. The molecule has 0 aliphatic carbocycles. The topological polar surface area (TPSA) is 66.6 Å². The predicted octanol–water partition coefficient (Wildman–Crippen LogP) is 1.85. The van der Waals surface area contributed by atoms with Crippen LogP contribution in [0.25, 0.3) is 0 Å². The van der Waals surface area contributed by atoms with Crippen LogP contribution in [-0.4, -0.2) is 50.9 Å². The van der Waals surface area contributed by atoms with E-state index in [4.69, 9.17) is 5.14 Å². The first-order valence-electron chi connectivity index (χ1n) is 8.03. The van der Waals surface area contributed by atoms with Gasteiger partial charge in [0.2, 0.25) is 10.0 Å². The Morgan fingerprint density at radius 1 is 1.22 bits per heavy atom. The fraction of sp³-hybridized carbons (Fsp3) is 0.625. The van der Waals surface area contributed by atoms with Gasteiger partial charge >= 0.3 is 0 Å². The molecule has 5 nitrogen and oxygen atoms in total. The predicted molar refractivity (Wildman–Crippen MR) is 96.4 cm³/mol. The molecule has 2 N–H and O–H groups in total. The van der Waals surface area contributed by atoms with E-state index in [9.17, 15) is 8.42 Å². The monoisotopic (exact) mass is 361 g/mol. The molecule has 0 spiro atoms. The van der Waals surface area contributed by atoms with E-state index >= 15 is 0 Å². The van der Waals surface area contributed by atoms with Gasteiger partial charge in [-0.3, -0.25) is 4.90 Å². The van der Waals surface area contributed by atoms with Crippen molar-refractivity contribution in [3.05, 3.63) is 29.3 Å². The Morgan fingerprint density at radius 2 is 1.91 bits per heavy atom. The van der Waals surface area contributed by atoms with Crippen LogP contribution in [0.1, 0.15) is 31.4 Å². The average molecular weight is 362 g/mol. The minimum absolute atomic E-state index is 0. The van der Waals surface area contributed by atoms with Crippen LogP contribution < -0.4 is 5.14 Å². The summed E-state index contributed by atoms with van der Waals surface area (Å²) in [6.07, 6.45) is 2.12. The van der Waals surface area contributed by atoms with Gasteiger partial charge in [0.25, 0.3) is 0 Å². The molecule has 0 saturated carbocycles. The van der Waals surface area contributed by atoms with E-state index < -0.39 is 10.0 Å². The van der Waals surface area contributed by atoms with Gasteiger partial charge in [-0.2, -0.15) is 0 Å². The number of primary sulfonamides is 1. The van der Waals surface area contributed by atoms with Gasteiger partial charge in [0.05, 0.1) is 4.90 Å².